The predicted molar refractivity (Wildman–Crippen MR) is 234 cm³/mol. The van der Waals surface area contributed by atoms with Gasteiger partial charge in [0.25, 0.3) is 11.8 Å². The first-order valence-corrected chi connectivity index (χ1v) is 22.7. The highest BCUT2D eigenvalue weighted by Gasteiger charge is 2.58. The zero-order valence-electron chi connectivity index (χ0n) is 36.2. The molecule has 4 aliphatic heterocycles. The van der Waals surface area contributed by atoms with Crippen LogP contribution in [0.2, 0.25) is 0 Å². The first kappa shape index (κ1) is 42.0. The van der Waals surface area contributed by atoms with Gasteiger partial charge in [0.2, 0.25) is 0 Å². The molecule has 2 aliphatic carbocycles. The van der Waals surface area contributed by atoms with Crippen molar-refractivity contribution in [3.63, 3.8) is 0 Å². The SMILES string of the molecule is CC(=C(C)c1ccc(-c2cnc([C@@H]3C[C@H]4CC4N3C(=O)[C@H](OC(N)=O)C3CCOCC3)[nH]2)cc1)c1ccc(-c2cnc([C@@H]3C[C@H]4CC4N3C(=O)[C@H](OC(N)=O)C3CCOCC3)[nH]2)cc1. The number of nitrogens with one attached hydrogen (secondary N) is 2. The average molecular weight is 873 g/mol. The Morgan fingerprint density at radius 3 is 1.34 bits per heavy atom. The second-order valence-corrected chi connectivity index (χ2v) is 18.5. The van der Waals surface area contributed by atoms with E-state index in [1.165, 1.54) is 0 Å². The van der Waals surface area contributed by atoms with Gasteiger partial charge in [0.15, 0.2) is 12.2 Å². The molecule has 6 heterocycles. The quantitative estimate of drug-likeness (QED) is 0.113. The molecule has 0 bridgehead atoms. The zero-order chi connectivity index (χ0) is 44.2. The van der Waals surface area contributed by atoms with Crippen molar-refractivity contribution >= 4 is 35.1 Å². The molecule has 0 radical (unpaired) electrons. The molecule has 0 spiro atoms. The summed E-state index contributed by atoms with van der Waals surface area (Å²) < 4.78 is 22.0. The van der Waals surface area contributed by atoms with E-state index in [1.54, 1.807) is 0 Å². The molecule has 4 amide bonds. The number of aromatic nitrogens is 4. The Hall–Kier alpha value is -6.00. The summed E-state index contributed by atoms with van der Waals surface area (Å²) in [6.07, 6.45) is 5.95. The standard InChI is InChI=1S/C48H56N8O8/c1-25(27-3-7-29(8-4-27)35-23-51-43(53-35)39-21-33-19-37(33)55(39)45(57)41(63-47(49)59)31-11-15-61-16-12-31)26(2)28-5-9-30(10-6-28)36-24-52-44(54-36)40-22-34-20-38(34)56(40)46(58)42(64-48(50)60)32-13-17-62-18-14-32/h3-10,23-24,31-34,37-42H,11-22H2,1-2H3,(H2,49,59)(H2,50,60)(H,51,53)(H,52,54)/t33-,34-,37?,38?,39+,40+,41-,42-/m1/s1. The fourth-order valence-electron chi connectivity index (χ4n) is 10.9. The monoisotopic (exact) mass is 872 g/mol. The summed E-state index contributed by atoms with van der Waals surface area (Å²) in [5.41, 5.74) is 19.1. The number of carbonyl (C=O) groups excluding carboxylic acids is 4. The van der Waals surface area contributed by atoms with Gasteiger partial charge in [-0.3, -0.25) is 9.59 Å². The van der Waals surface area contributed by atoms with Crippen molar-refractivity contribution in [2.75, 3.05) is 26.4 Å². The van der Waals surface area contributed by atoms with E-state index in [4.69, 9.17) is 40.4 Å². The number of benzene rings is 2. The van der Waals surface area contributed by atoms with Gasteiger partial charge < -0.3 is 50.2 Å². The minimum Gasteiger partial charge on any atom is -0.436 e. The number of nitrogens with zero attached hydrogens (tertiary/aromatic N) is 4. The lowest BCUT2D eigenvalue weighted by Gasteiger charge is -2.34. The van der Waals surface area contributed by atoms with E-state index >= 15 is 0 Å². The number of primary amides is 2. The third kappa shape index (κ3) is 8.17. The zero-order valence-corrected chi connectivity index (χ0v) is 36.2. The first-order valence-electron chi connectivity index (χ1n) is 22.7. The van der Waals surface area contributed by atoms with Crippen molar-refractivity contribution in [3.05, 3.63) is 83.7 Å². The molecule has 16 heteroatoms. The van der Waals surface area contributed by atoms with Crippen LogP contribution >= 0.6 is 0 Å². The van der Waals surface area contributed by atoms with Gasteiger partial charge in [-0.2, -0.15) is 0 Å². The summed E-state index contributed by atoms with van der Waals surface area (Å²) in [6, 6.07) is 16.5. The molecule has 16 nitrogen and oxygen atoms in total. The van der Waals surface area contributed by atoms with Gasteiger partial charge in [0.1, 0.15) is 11.6 Å². The molecule has 2 unspecified atom stereocenters. The Kier molecular flexibility index (Phi) is 11.3. The molecule has 2 aromatic heterocycles. The maximum absolute atomic E-state index is 14.1. The highest BCUT2D eigenvalue weighted by Crippen LogP contribution is 2.55. The van der Waals surface area contributed by atoms with Gasteiger partial charge in [-0.05, 0) is 110 Å². The molecule has 6 N–H and O–H groups in total. The number of imidazole rings is 2. The number of hydrogen-bond donors (Lipinski definition) is 4. The molecule has 64 heavy (non-hydrogen) atoms. The normalized spacial score (nSPS) is 26.7. The van der Waals surface area contributed by atoms with Crippen LogP contribution in [-0.4, -0.2) is 104 Å². The molecule has 2 saturated carbocycles. The topological polar surface area (TPSA) is 221 Å². The molecule has 10 rings (SSSR count). The highest BCUT2D eigenvalue weighted by atomic mass is 16.6. The van der Waals surface area contributed by atoms with Crippen LogP contribution in [0.5, 0.6) is 0 Å². The van der Waals surface area contributed by atoms with Crippen LogP contribution in [0.15, 0.2) is 60.9 Å². The van der Waals surface area contributed by atoms with E-state index in [9.17, 15) is 19.2 Å². The Balaban J connectivity index is 0.803. The summed E-state index contributed by atoms with van der Waals surface area (Å²) in [4.78, 5) is 72.2. The van der Waals surface area contributed by atoms with Crippen molar-refractivity contribution in [3.8, 4) is 22.5 Å². The van der Waals surface area contributed by atoms with Crippen LogP contribution in [-0.2, 0) is 28.5 Å². The second-order valence-electron chi connectivity index (χ2n) is 18.5. The lowest BCUT2D eigenvalue weighted by Crippen LogP contribution is -2.48. The minimum absolute atomic E-state index is 0.114. The van der Waals surface area contributed by atoms with E-state index < -0.39 is 24.4 Å². The molecule has 2 aromatic carbocycles. The summed E-state index contributed by atoms with van der Waals surface area (Å²) in [6.45, 7) is 6.34. The number of carbonyl (C=O) groups is 4. The van der Waals surface area contributed by atoms with E-state index in [2.05, 4.69) is 72.3 Å². The van der Waals surface area contributed by atoms with Gasteiger partial charge in [-0.1, -0.05) is 48.5 Å². The molecule has 336 valence electrons. The number of H-pyrrole nitrogens is 2. The van der Waals surface area contributed by atoms with Crippen LogP contribution in [0, 0.1) is 23.7 Å². The number of piperidine rings is 2. The number of likely N-dealkylation sites (tertiary alicyclic amines) is 2. The summed E-state index contributed by atoms with van der Waals surface area (Å²) in [5.74, 6) is 1.60. The van der Waals surface area contributed by atoms with Crippen molar-refractivity contribution < 1.29 is 38.1 Å². The molecule has 6 fully saturated rings. The van der Waals surface area contributed by atoms with Crippen LogP contribution in [0.3, 0.4) is 0 Å². The van der Waals surface area contributed by atoms with Crippen molar-refractivity contribution in [2.45, 2.75) is 102 Å². The lowest BCUT2D eigenvalue weighted by atomic mass is 9.92. The minimum atomic E-state index is -0.939. The van der Waals surface area contributed by atoms with E-state index in [-0.39, 0.29) is 47.8 Å². The number of ether oxygens (including phenoxy) is 4. The van der Waals surface area contributed by atoms with Crippen molar-refractivity contribution in [1.29, 1.82) is 0 Å². The number of fused-ring (bicyclic) bond motifs is 2. The maximum atomic E-state index is 14.1. The van der Waals surface area contributed by atoms with Gasteiger partial charge in [0.05, 0.1) is 35.9 Å². The summed E-state index contributed by atoms with van der Waals surface area (Å²) in [5, 5.41) is 0. The van der Waals surface area contributed by atoms with Crippen LogP contribution in [0.25, 0.3) is 33.7 Å². The Morgan fingerprint density at radius 2 is 0.984 bits per heavy atom. The van der Waals surface area contributed by atoms with Crippen molar-refractivity contribution in [1.82, 2.24) is 29.7 Å². The van der Waals surface area contributed by atoms with Crippen LogP contribution in [0.1, 0.15) is 100 Å². The maximum Gasteiger partial charge on any atom is 0.405 e. The van der Waals surface area contributed by atoms with Gasteiger partial charge >= 0.3 is 12.2 Å². The first-order chi connectivity index (χ1) is 31.0. The van der Waals surface area contributed by atoms with Crippen LogP contribution < -0.4 is 11.5 Å². The predicted octanol–water partition coefficient (Wildman–Crippen LogP) is 6.52. The number of amides is 4. The van der Waals surface area contributed by atoms with Crippen LogP contribution in [0.4, 0.5) is 9.59 Å². The average Bonchev–Trinajstić information content (AvgIpc) is 3.90. The fourth-order valence-corrected chi connectivity index (χ4v) is 10.9. The fraction of sp³-hybridized carbons (Fsp3) is 0.500. The number of allylic oxidation sites excluding steroid dienone is 2. The largest absolute Gasteiger partial charge is 0.436 e. The molecular formula is C48H56N8O8. The third-order valence-corrected chi connectivity index (χ3v) is 14.7. The number of aromatic amines is 2. The molecule has 6 aliphatic rings. The number of hydrogen-bond acceptors (Lipinski definition) is 10. The molecule has 8 atom stereocenters. The van der Waals surface area contributed by atoms with E-state index in [1.807, 2.05) is 22.2 Å². The highest BCUT2D eigenvalue weighted by molar-refractivity contribution is 5.90. The molecule has 4 saturated heterocycles. The number of rotatable bonds is 12. The second kappa shape index (κ2) is 17.2. The Bertz CT molecular complexity index is 2270. The van der Waals surface area contributed by atoms with E-state index in [0.717, 1.165) is 82.1 Å². The summed E-state index contributed by atoms with van der Waals surface area (Å²) >= 11 is 0. The third-order valence-electron chi connectivity index (χ3n) is 14.7. The van der Waals surface area contributed by atoms with Gasteiger partial charge in [-0.15, -0.1) is 0 Å². The molecule has 4 aromatic rings. The number of nitrogens with two attached hydrogens (primary N) is 2. The van der Waals surface area contributed by atoms with Crippen molar-refractivity contribution in [2.24, 2.45) is 35.1 Å². The smallest absolute Gasteiger partial charge is 0.405 e. The van der Waals surface area contributed by atoms with Gasteiger partial charge in [-0.25, -0.2) is 19.6 Å². The summed E-state index contributed by atoms with van der Waals surface area (Å²) in [7, 11) is 0. The Labute approximate surface area is 371 Å². The Morgan fingerprint density at radius 1 is 0.609 bits per heavy atom. The lowest BCUT2D eigenvalue weighted by molar-refractivity contribution is -0.148. The van der Waals surface area contributed by atoms with Gasteiger partial charge in [0, 0.05) is 50.3 Å². The van der Waals surface area contributed by atoms with E-state index in [0.29, 0.717) is 63.9 Å². The molecular weight excluding hydrogens is 817 g/mol.